The summed E-state index contributed by atoms with van der Waals surface area (Å²) in [6.07, 6.45) is 12.0. The van der Waals surface area contributed by atoms with Gasteiger partial charge in [0.2, 0.25) is 0 Å². The number of imidazole rings is 2. The molecule has 0 unspecified atom stereocenters. The highest BCUT2D eigenvalue weighted by Gasteiger charge is 1.96. The van der Waals surface area contributed by atoms with Crippen LogP contribution in [-0.4, -0.2) is 32.2 Å². The van der Waals surface area contributed by atoms with E-state index in [0.29, 0.717) is 0 Å². The van der Waals surface area contributed by atoms with Gasteiger partial charge in [0, 0.05) is 33.0 Å². The Hall–Kier alpha value is -2.44. The first-order chi connectivity index (χ1) is 13.2. The molecule has 0 atom stereocenters. The fourth-order valence-electron chi connectivity index (χ4n) is 2.70. The molecule has 6 nitrogen and oxygen atoms in total. The Bertz CT molecular complexity index is 747. The largest absolute Gasteiger partial charge is 0.340 e. The summed E-state index contributed by atoms with van der Waals surface area (Å²) in [7, 11) is 3.98. The molecule has 2 aromatic heterocycles. The predicted molar refractivity (Wildman–Crippen MR) is 110 cm³/mol. The Morgan fingerprint density at radius 2 is 1.48 bits per heavy atom. The molecule has 0 saturated heterocycles. The Kier molecular flexibility index (Phi) is 9.30. The van der Waals surface area contributed by atoms with Crippen molar-refractivity contribution in [2.75, 3.05) is 13.1 Å². The van der Waals surface area contributed by atoms with Gasteiger partial charge in [-0.05, 0) is 44.3 Å². The highest BCUT2D eigenvalue weighted by atomic mass is 15.0. The lowest BCUT2D eigenvalue weighted by atomic mass is 10.2. The number of aryl methyl sites for hydroxylation is 4. The molecule has 146 valence electrons. The number of hydrogen-bond donors (Lipinski definition) is 2. The van der Waals surface area contributed by atoms with Crippen LogP contribution >= 0.6 is 0 Å². The zero-order valence-corrected chi connectivity index (χ0v) is 16.5. The Labute approximate surface area is 162 Å². The van der Waals surface area contributed by atoms with E-state index in [0.717, 1.165) is 51.0 Å². The van der Waals surface area contributed by atoms with Crippen LogP contribution in [-0.2, 0) is 33.5 Å². The first kappa shape index (κ1) is 20.9. The lowest BCUT2D eigenvalue weighted by molar-refractivity contribution is 0.645. The van der Waals surface area contributed by atoms with Gasteiger partial charge in [-0.1, -0.05) is 30.3 Å². The predicted octanol–water partition coefficient (Wildman–Crippen LogP) is 2.45. The monoisotopic (exact) mass is 368 g/mol. The SMILES string of the molecule is Cn1cnc(CCCN)c1.Cn1cnc(CCCNCc2ccccc2)c1. The van der Waals surface area contributed by atoms with E-state index in [-0.39, 0.29) is 0 Å². The lowest BCUT2D eigenvalue weighted by Gasteiger charge is -2.03. The van der Waals surface area contributed by atoms with Crippen LogP contribution in [0.25, 0.3) is 0 Å². The van der Waals surface area contributed by atoms with E-state index in [1.807, 2.05) is 48.1 Å². The number of nitrogens with zero attached hydrogens (tertiary/aromatic N) is 4. The summed E-state index contributed by atoms with van der Waals surface area (Å²) >= 11 is 0. The molecule has 0 aliphatic carbocycles. The van der Waals surface area contributed by atoms with Gasteiger partial charge >= 0.3 is 0 Å². The molecule has 3 rings (SSSR count). The molecular weight excluding hydrogens is 336 g/mol. The van der Waals surface area contributed by atoms with Gasteiger partial charge in [0.15, 0.2) is 0 Å². The van der Waals surface area contributed by atoms with Crippen molar-refractivity contribution in [3.63, 3.8) is 0 Å². The molecule has 0 amide bonds. The minimum Gasteiger partial charge on any atom is -0.340 e. The van der Waals surface area contributed by atoms with E-state index >= 15 is 0 Å². The number of nitrogens with one attached hydrogen (secondary N) is 1. The van der Waals surface area contributed by atoms with Crippen LogP contribution in [0.4, 0.5) is 0 Å². The Morgan fingerprint density at radius 3 is 2.00 bits per heavy atom. The second-order valence-corrected chi connectivity index (χ2v) is 6.72. The second kappa shape index (κ2) is 12.0. The van der Waals surface area contributed by atoms with Crippen molar-refractivity contribution in [2.24, 2.45) is 19.8 Å². The molecule has 0 aliphatic rings. The van der Waals surface area contributed by atoms with Gasteiger partial charge in [0.1, 0.15) is 0 Å². The van der Waals surface area contributed by atoms with Crippen molar-refractivity contribution >= 4 is 0 Å². The first-order valence-electron chi connectivity index (χ1n) is 9.55. The first-order valence-corrected chi connectivity index (χ1v) is 9.55. The Balaban J connectivity index is 0.000000223. The molecule has 0 aliphatic heterocycles. The summed E-state index contributed by atoms with van der Waals surface area (Å²) < 4.78 is 3.94. The molecule has 27 heavy (non-hydrogen) atoms. The van der Waals surface area contributed by atoms with Gasteiger partial charge in [-0.2, -0.15) is 0 Å². The molecule has 6 heteroatoms. The van der Waals surface area contributed by atoms with Gasteiger partial charge in [0.25, 0.3) is 0 Å². The average Bonchev–Trinajstić information content (AvgIpc) is 3.29. The highest BCUT2D eigenvalue weighted by Crippen LogP contribution is 2.00. The van der Waals surface area contributed by atoms with Crippen LogP contribution in [0, 0.1) is 0 Å². The second-order valence-electron chi connectivity index (χ2n) is 6.72. The zero-order valence-electron chi connectivity index (χ0n) is 16.5. The fourth-order valence-corrected chi connectivity index (χ4v) is 2.70. The quantitative estimate of drug-likeness (QED) is 0.569. The van der Waals surface area contributed by atoms with Gasteiger partial charge < -0.3 is 20.2 Å². The smallest absolute Gasteiger partial charge is 0.0946 e. The molecular formula is C21H32N6. The summed E-state index contributed by atoms with van der Waals surface area (Å²) in [5.41, 5.74) is 8.99. The molecule has 0 bridgehead atoms. The number of benzene rings is 1. The summed E-state index contributed by atoms with van der Waals surface area (Å²) in [5, 5.41) is 3.44. The molecule has 0 spiro atoms. The molecule has 0 radical (unpaired) electrons. The zero-order chi connectivity index (χ0) is 19.3. The summed E-state index contributed by atoms with van der Waals surface area (Å²) in [6, 6.07) is 10.5. The van der Waals surface area contributed by atoms with Crippen LogP contribution in [0.5, 0.6) is 0 Å². The topological polar surface area (TPSA) is 73.7 Å². The van der Waals surface area contributed by atoms with Crippen LogP contribution < -0.4 is 11.1 Å². The van der Waals surface area contributed by atoms with Crippen molar-refractivity contribution in [3.05, 3.63) is 72.3 Å². The lowest BCUT2D eigenvalue weighted by Crippen LogP contribution is -2.15. The number of hydrogen-bond acceptors (Lipinski definition) is 4. The van der Waals surface area contributed by atoms with E-state index < -0.39 is 0 Å². The Morgan fingerprint density at radius 1 is 0.889 bits per heavy atom. The van der Waals surface area contributed by atoms with Gasteiger partial charge in [-0.3, -0.25) is 0 Å². The molecule has 2 heterocycles. The van der Waals surface area contributed by atoms with Crippen LogP contribution in [0.15, 0.2) is 55.4 Å². The van der Waals surface area contributed by atoms with E-state index in [9.17, 15) is 0 Å². The van der Waals surface area contributed by atoms with Crippen molar-refractivity contribution in [1.82, 2.24) is 24.4 Å². The van der Waals surface area contributed by atoms with Crippen molar-refractivity contribution < 1.29 is 0 Å². The molecule has 3 aromatic rings. The number of rotatable bonds is 9. The van der Waals surface area contributed by atoms with E-state index in [1.165, 1.54) is 11.3 Å². The maximum atomic E-state index is 5.35. The highest BCUT2D eigenvalue weighted by molar-refractivity contribution is 5.14. The standard InChI is InChI=1S/C14H19N3.C7H13N3/c1-17-11-14(16-12-17)8-5-9-15-10-13-6-3-2-4-7-13;1-10-5-7(9-6-10)3-2-4-8/h2-4,6-7,11-12,15H,5,8-10H2,1H3;5-6H,2-4,8H2,1H3. The van der Waals surface area contributed by atoms with E-state index in [2.05, 4.69) is 45.7 Å². The van der Waals surface area contributed by atoms with Crippen LogP contribution in [0.1, 0.15) is 29.8 Å². The third kappa shape index (κ3) is 8.66. The van der Waals surface area contributed by atoms with Gasteiger partial charge in [0.05, 0.1) is 24.0 Å². The summed E-state index contributed by atoms with van der Waals surface area (Å²) in [5.74, 6) is 0. The van der Waals surface area contributed by atoms with Crippen LogP contribution in [0.2, 0.25) is 0 Å². The van der Waals surface area contributed by atoms with Crippen molar-refractivity contribution in [3.8, 4) is 0 Å². The van der Waals surface area contributed by atoms with Crippen molar-refractivity contribution in [2.45, 2.75) is 32.2 Å². The molecule has 0 fully saturated rings. The minimum absolute atomic E-state index is 0.747. The number of nitrogens with two attached hydrogens (primary N) is 1. The summed E-state index contributed by atoms with van der Waals surface area (Å²) in [4.78, 5) is 8.47. The normalized spacial score (nSPS) is 10.5. The van der Waals surface area contributed by atoms with Gasteiger partial charge in [-0.15, -0.1) is 0 Å². The van der Waals surface area contributed by atoms with Crippen molar-refractivity contribution in [1.29, 1.82) is 0 Å². The van der Waals surface area contributed by atoms with E-state index in [1.54, 1.807) is 0 Å². The van der Waals surface area contributed by atoms with Crippen LogP contribution in [0.3, 0.4) is 0 Å². The maximum absolute atomic E-state index is 5.35. The third-order valence-corrected chi connectivity index (χ3v) is 4.11. The summed E-state index contributed by atoms with van der Waals surface area (Å²) in [6.45, 7) is 2.73. The molecule has 0 saturated carbocycles. The fraction of sp³-hybridized carbons (Fsp3) is 0.429. The van der Waals surface area contributed by atoms with E-state index in [4.69, 9.17) is 5.73 Å². The third-order valence-electron chi connectivity index (χ3n) is 4.11. The number of aromatic nitrogens is 4. The van der Waals surface area contributed by atoms with Gasteiger partial charge in [-0.25, -0.2) is 9.97 Å². The molecule has 1 aromatic carbocycles. The average molecular weight is 369 g/mol. The minimum atomic E-state index is 0.747. The molecule has 3 N–H and O–H groups in total. The maximum Gasteiger partial charge on any atom is 0.0946 e.